The van der Waals surface area contributed by atoms with Crippen molar-refractivity contribution in [1.82, 2.24) is 14.5 Å². The number of pyridine rings is 1. The molecule has 0 fully saturated rings. The molecular formula is C23H15ClF4N4O3. The highest BCUT2D eigenvalue weighted by molar-refractivity contribution is 6.32. The molecule has 0 saturated carbocycles. The summed E-state index contributed by atoms with van der Waals surface area (Å²) < 4.78 is 54.4. The van der Waals surface area contributed by atoms with E-state index in [4.69, 9.17) is 11.6 Å². The third kappa shape index (κ3) is 4.67. The Labute approximate surface area is 199 Å². The standard InChI is InChI=1S/C23H15ClF4N4O3/c1-11(12-4-2-5-13(25)8-12)32-10-29-15-6-3-7-16(18(15)22(32)35)31-21(34)17-9-14(24)19(33)20(30-17)23(26,27)28/h2-11,33H,1H3,(H,31,34)/t11-/m0/s1. The highest BCUT2D eigenvalue weighted by Gasteiger charge is 2.38. The van der Waals surface area contributed by atoms with Gasteiger partial charge in [-0.2, -0.15) is 13.2 Å². The van der Waals surface area contributed by atoms with Crippen LogP contribution in [0.4, 0.5) is 23.2 Å². The molecule has 4 rings (SSSR count). The van der Waals surface area contributed by atoms with Gasteiger partial charge in [-0.3, -0.25) is 14.2 Å². The van der Waals surface area contributed by atoms with E-state index < -0.39 is 51.7 Å². The summed E-state index contributed by atoms with van der Waals surface area (Å²) in [5.74, 6) is -2.89. The second kappa shape index (κ2) is 8.99. The van der Waals surface area contributed by atoms with Gasteiger partial charge in [0.2, 0.25) is 0 Å². The highest BCUT2D eigenvalue weighted by atomic mass is 35.5. The molecule has 0 aliphatic rings. The molecule has 0 saturated heterocycles. The minimum Gasteiger partial charge on any atom is -0.504 e. The van der Waals surface area contributed by atoms with Gasteiger partial charge in [0.1, 0.15) is 11.5 Å². The third-order valence-electron chi connectivity index (χ3n) is 5.26. The predicted molar refractivity (Wildman–Crippen MR) is 120 cm³/mol. The SMILES string of the molecule is C[C@@H](c1cccc(F)c1)n1cnc2cccc(NC(=O)c3cc(Cl)c(O)c(C(F)(F)F)n3)c2c1=O. The van der Waals surface area contributed by atoms with Gasteiger partial charge >= 0.3 is 6.18 Å². The van der Waals surface area contributed by atoms with E-state index >= 15 is 0 Å². The first kappa shape index (κ1) is 24.1. The van der Waals surface area contributed by atoms with Gasteiger partial charge in [0.25, 0.3) is 11.5 Å². The second-order valence-electron chi connectivity index (χ2n) is 7.53. The van der Waals surface area contributed by atoms with Gasteiger partial charge in [0, 0.05) is 0 Å². The molecule has 0 bridgehead atoms. The molecule has 2 N–H and O–H groups in total. The number of aromatic nitrogens is 3. The van der Waals surface area contributed by atoms with Crippen molar-refractivity contribution in [3.63, 3.8) is 0 Å². The number of anilines is 1. The molecule has 0 aliphatic carbocycles. The molecule has 7 nitrogen and oxygen atoms in total. The topological polar surface area (TPSA) is 97.1 Å². The minimum atomic E-state index is -5.06. The van der Waals surface area contributed by atoms with Crippen LogP contribution in [0.15, 0.2) is 59.7 Å². The number of rotatable bonds is 4. The number of halogens is 5. The van der Waals surface area contributed by atoms with Crippen molar-refractivity contribution >= 4 is 34.1 Å². The van der Waals surface area contributed by atoms with Crippen LogP contribution in [-0.2, 0) is 6.18 Å². The molecule has 0 radical (unpaired) electrons. The van der Waals surface area contributed by atoms with Crippen LogP contribution in [0.25, 0.3) is 10.9 Å². The van der Waals surface area contributed by atoms with Crippen LogP contribution in [0.3, 0.4) is 0 Å². The lowest BCUT2D eigenvalue weighted by molar-refractivity contribution is -0.142. The Balaban J connectivity index is 1.77. The number of amides is 1. The van der Waals surface area contributed by atoms with E-state index in [0.29, 0.717) is 5.56 Å². The number of fused-ring (bicyclic) bond motifs is 1. The zero-order chi connectivity index (χ0) is 25.5. The minimum absolute atomic E-state index is 0.0208. The van der Waals surface area contributed by atoms with Gasteiger partial charge in [0.15, 0.2) is 11.4 Å². The number of nitrogens with zero attached hydrogens (tertiary/aromatic N) is 3. The van der Waals surface area contributed by atoms with E-state index in [2.05, 4.69) is 15.3 Å². The zero-order valence-corrected chi connectivity index (χ0v) is 18.5. The number of hydrogen-bond acceptors (Lipinski definition) is 5. The van der Waals surface area contributed by atoms with E-state index in [0.717, 1.165) is 6.07 Å². The van der Waals surface area contributed by atoms with Crippen molar-refractivity contribution in [1.29, 1.82) is 0 Å². The van der Waals surface area contributed by atoms with Crippen LogP contribution in [0.5, 0.6) is 5.75 Å². The number of aromatic hydroxyl groups is 1. The number of carbonyl (C=O) groups is 1. The average molecular weight is 507 g/mol. The number of carbonyl (C=O) groups excluding carboxylic acids is 1. The van der Waals surface area contributed by atoms with Crippen molar-refractivity contribution in [2.75, 3.05) is 5.32 Å². The average Bonchev–Trinajstić information content (AvgIpc) is 2.79. The number of hydrogen-bond donors (Lipinski definition) is 2. The summed E-state index contributed by atoms with van der Waals surface area (Å²) in [6, 6.07) is 10.2. The quantitative estimate of drug-likeness (QED) is 0.372. The fourth-order valence-corrected chi connectivity index (χ4v) is 3.69. The first-order valence-corrected chi connectivity index (χ1v) is 10.4. The molecule has 35 heavy (non-hydrogen) atoms. The van der Waals surface area contributed by atoms with E-state index in [9.17, 15) is 32.3 Å². The van der Waals surface area contributed by atoms with Crippen LogP contribution in [0, 0.1) is 5.82 Å². The highest BCUT2D eigenvalue weighted by Crippen LogP contribution is 2.38. The lowest BCUT2D eigenvalue weighted by atomic mass is 10.1. The Morgan fingerprint density at radius 3 is 2.57 bits per heavy atom. The smallest absolute Gasteiger partial charge is 0.437 e. The van der Waals surface area contributed by atoms with E-state index in [1.807, 2.05) is 0 Å². The van der Waals surface area contributed by atoms with Crippen molar-refractivity contribution in [2.45, 2.75) is 19.1 Å². The maximum atomic E-state index is 13.7. The van der Waals surface area contributed by atoms with Gasteiger partial charge in [-0.25, -0.2) is 14.4 Å². The summed E-state index contributed by atoms with van der Waals surface area (Å²) in [5, 5.41) is 11.2. The maximum Gasteiger partial charge on any atom is 0.437 e. The molecule has 0 unspecified atom stereocenters. The number of nitrogens with one attached hydrogen (secondary N) is 1. The molecule has 2 heterocycles. The van der Waals surface area contributed by atoms with Crippen molar-refractivity contribution < 1.29 is 27.5 Å². The number of benzene rings is 2. The Morgan fingerprint density at radius 1 is 1.17 bits per heavy atom. The Morgan fingerprint density at radius 2 is 1.89 bits per heavy atom. The lowest BCUT2D eigenvalue weighted by Gasteiger charge is -2.17. The summed E-state index contributed by atoms with van der Waals surface area (Å²) >= 11 is 5.66. The van der Waals surface area contributed by atoms with Gasteiger partial charge in [-0.1, -0.05) is 29.8 Å². The van der Waals surface area contributed by atoms with E-state index in [1.165, 1.54) is 47.3 Å². The van der Waals surface area contributed by atoms with Gasteiger partial charge in [0.05, 0.1) is 34.0 Å². The molecule has 12 heteroatoms. The monoisotopic (exact) mass is 506 g/mol. The molecule has 180 valence electrons. The fraction of sp³-hybridized carbons (Fsp3) is 0.130. The van der Waals surface area contributed by atoms with Crippen LogP contribution in [0.2, 0.25) is 5.02 Å². The van der Waals surface area contributed by atoms with E-state index in [-0.39, 0.29) is 16.6 Å². The van der Waals surface area contributed by atoms with Crippen molar-refractivity contribution in [3.8, 4) is 5.75 Å². The first-order valence-electron chi connectivity index (χ1n) is 10.0. The molecule has 2 aromatic heterocycles. The lowest BCUT2D eigenvalue weighted by Crippen LogP contribution is -2.26. The summed E-state index contributed by atoms with van der Waals surface area (Å²) in [7, 11) is 0. The molecule has 0 aliphatic heterocycles. The summed E-state index contributed by atoms with van der Waals surface area (Å²) in [5.41, 5.74) is -2.35. The molecular weight excluding hydrogens is 492 g/mol. The van der Waals surface area contributed by atoms with Gasteiger partial charge < -0.3 is 10.4 Å². The summed E-state index contributed by atoms with van der Waals surface area (Å²) in [6.07, 6.45) is -3.78. The van der Waals surface area contributed by atoms with Crippen LogP contribution < -0.4 is 10.9 Å². The van der Waals surface area contributed by atoms with Crippen molar-refractivity contribution in [3.05, 3.63) is 93.0 Å². The van der Waals surface area contributed by atoms with Crippen LogP contribution in [0.1, 0.15) is 34.7 Å². The Kier molecular flexibility index (Phi) is 6.20. The number of alkyl halides is 3. The Bertz CT molecular complexity index is 1520. The largest absolute Gasteiger partial charge is 0.504 e. The fourth-order valence-electron chi connectivity index (χ4n) is 3.49. The van der Waals surface area contributed by atoms with Crippen LogP contribution >= 0.6 is 11.6 Å². The van der Waals surface area contributed by atoms with Gasteiger partial charge in [-0.15, -0.1) is 0 Å². The molecule has 1 amide bonds. The van der Waals surface area contributed by atoms with Crippen molar-refractivity contribution in [2.24, 2.45) is 0 Å². The van der Waals surface area contributed by atoms with Gasteiger partial charge in [-0.05, 0) is 42.8 Å². The normalized spacial score (nSPS) is 12.5. The molecule has 0 spiro atoms. The zero-order valence-electron chi connectivity index (χ0n) is 17.8. The molecule has 4 aromatic rings. The maximum absolute atomic E-state index is 13.7. The Hall–Kier alpha value is -3.99. The molecule has 2 aromatic carbocycles. The second-order valence-corrected chi connectivity index (χ2v) is 7.93. The summed E-state index contributed by atoms with van der Waals surface area (Å²) in [4.78, 5) is 33.5. The van der Waals surface area contributed by atoms with E-state index in [1.54, 1.807) is 13.0 Å². The first-order chi connectivity index (χ1) is 16.5. The predicted octanol–water partition coefficient (Wildman–Crippen LogP) is 5.17. The summed E-state index contributed by atoms with van der Waals surface area (Å²) in [6.45, 7) is 1.66. The third-order valence-corrected chi connectivity index (χ3v) is 5.54. The van der Waals surface area contributed by atoms with Crippen LogP contribution in [-0.4, -0.2) is 25.5 Å². The molecule has 1 atom stereocenters.